The highest BCUT2D eigenvalue weighted by Crippen LogP contribution is 2.30. The van der Waals surface area contributed by atoms with Crippen LogP contribution in [0.1, 0.15) is 26.2 Å². The second-order valence-corrected chi connectivity index (χ2v) is 7.70. The lowest BCUT2D eigenvalue weighted by Gasteiger charge is -2.29. The summed E-state index contributed by atoms with van der Waals surface area (Å²) in [7, 11) is 0. The molecule has 2 aromatic rings. The van der Waals surface area contributed by atoms with Gasteiger partial charge in [-0.2, -0.15) is 0 Å². The van der Waals surface area contributed by atoms with Gasteiger partial charge in [-0.3, -0.25) is 15.0 Å². The van der Waals surface area contributed by atoms with Crippen LogP contribution in [0.5, 0.6) is 0 Å². The van der Waals surface area contributed by atoms with Gasteiger partial charge in [-0.25, -0.2) is 19.7 Å². The topological polar surface area (TPSA) is 107 Å². The zero-order valence-electron chi connectivity index (χ0n) is 17.8. The molecule has 4 rings (SSSR count). The van der Waals surface area contributed by atoms with E-state index in [1.54, 1.807) is 24.1 Å². The number of amides is 3. The number of nitrogens with zero attached hydrogens (tertiary/aromatic N) is 6. The Morgan fingerprint density at radius 2 is 1.94 bits per heavy atom. The summed E-state index contributed by atoms with van der Waals surface area (Å²) in [5.41, 5.74) is 0.835. The Bertz CT molecular complexity index is 923. The molecule has 31 heavy (non-hydrogen) atoms. The molecule has 0 unspecified atom stereocenters. The van der Waals surface area contributed by atoms with Gasteiger partial charge in [0.1, 0.15) is 18.0 Å². The van der Waals surface area contributed by atoms with Crippen LogP contribution in [0.3, 0.4) is 0 Å². The van der Waals surface area contributed by atoms with Crippen LogP contribution in [-0.2, 0) is 4.79 Å². The fraction of sp³-hybridized carbons (Fsp3) is 0.476. The van der Waals surface area contributed by atoms with Crippen molar-refractivity contribution >= 4 is 35.1 Å². The number of hydrogen-bond donors (Lipinski definition) is 2. The molecular formula is C21H28N8O2. The van der Waals surface area contributed by atoms with Gasteiger partial charge in [0.25, 0.3) is 0 Å². The van der Waals surface area contributed by atoms with Crippen molar-refractivity contribution in [2.45, 2.75) is 26.2 Å². The van der Waals surface area contributed by atoms with Gasteiger partial charge in [0, 0.05) is 52.4 Å². The van der Waals surface area contributed by atoms with Crippen LogP contribution in [0, 0.1) is 0 Å². The smallest absolute Gasteiger partial charge is 0.328 e. The lowest BCUT2D eigenvalue weighted by Crippen LogP contribution is -2.39. The first kappa shape index (κ1) is 20.8. The van der Waals surface area contributed by atoms with Gasteiger partial charge in [0.05, 0.1) is 5.69 Å². The fourth-order valence-electron chi connectivity index (χ4n) is 3.88. The first-order chi connectivity index (χ1) is 15.1. The highest BCUT2D eigenvalue weighted by Gasteiger charge is 2.25. The zero-order chi connectivity index (χ0) is 21.6. The summed E-state index contributed by atoms with van der Waals surface area (Å²) in [4.78, 5) is 43.4. The average molecular weight is 425 g/mol. The summed E-state index contributed by atoms with van der Waals surface area (Å²) in [5.74, 6) is 1.97. The monoisotopic (exact) mass is 424 g/mol. The van der Waals surface area contributed by atoms with Crippen LogP contribution < -0.4 is 20.4 Å². The van der Waals surface area contributed by atoms with E-state index in [9.17, 15) is 9.59 Å². The molecule has 0 atom stereocenters. The molecule has 2 aliphatic heterocycles. The van der Waals surface area contributed by atoms with Gasteiger partial charge in [-0.1, -0.05) is 0 Å². The molecule has 0 aromatic carbocycles. The molecule has 164 valence electrons. The summed E-state index contributed by atoms with van der Waals surface area (Å²) in [6.45, 7) is 5.98. The summed E-state index contributed by atoms with van der Waals surface area (Å²) in [5, 5.41) is 6.24. The predicted octanol–water partition coefficient (Wildman–Crippen LogP) is 2.17. The number of nitrogens with one attached hydrogen (secondary N) is 2. The van der Waals surface area contributed by atoms with Gasteiger partial charge >= 0.3 is 6.03 Å². The van der Waals surface area contributed by atoms with E-state index < -0.39 is 0 Å². The maximum atomic E-state index is 13.1. The Balaban J connectivity index is 1.59. The van der Waals surface area contributed by atoms with Crippen LogP contribution in [0.15, 0.2) is 30.7 Å². The molecule has 10 nitrogen and oxygen atoms in total. The number of anilines is 4. The molecule has 2 aliphatic rings. The van der Waals surface area contributed by atoms with Crippen molar-refractivity contribution < 1.29 is 9.59 Å². The molecule has 10 heteroatoms. The lowest BCUT2D eigenvalue weighted by atomic mass is 10.2. The minimum atomic E-state index is -0.271. The molecule has 0 spiro atoms. The maximum Gasteiger partial charge on any atom is 0.328 e. The fourth-order valence-corrected chi connectivity index (χ4v) is 3.88. The molecule has 2 N–H and O–H groups in total. The number of urea groups is 1. The van der Waals surface area contributed by atoms with Crippen molar-refractivity contribution in [2.75, 3.05) is 59.7 Å². The Kier molecular flexibility index (Phi) is 6.44. The van der Waals surface area contributed by atoms with Crippen LogP contribution in [-0.4, -0.2) is 71.1 Å². The van der Waals surface area contributed by atoms with E-state index in [0.29, 0.717) is 31.3 Å². The van der Waals surface area contributed by atoms with Crippen molar-refractivity contribution in [1.29, 1.82) is 0 Å². The minimum absolute atomic E-state index is 0.102. The summed E-state index contributed by atoms with van der Waals surface area (Å²) < 4.78 is 0. The van der Waals surface area contributed by atoms with Gasteiger partial charge in [0.2, 0.25) is 5.91 Å². The SMILES string of the molecule is CC(=O)N1CCCN(c2ccc3c(n2)N(C(=O)Nc2ccncn2)CCCCN3)CC1. The van der Waals surface area contributed by atoms with E-state index in [-0.39, 0.29) is 11.9 Å². The first-order valence-electron chi connectivity index (χ1n) is 10.7. The highest BCUT2D eigenvalue weighted by molar-refractivity contribution is 6.02. The summed E-state index contributed by atoms with van der Waals surface area (Å²) >= 11 is 0. The van der Waals surface area contributed by atoms with E-state index >= 15 is 0 Å². The summed E-state index contributed by atoms with van der Waals surface area (Å²) in [6, 6.07) is 5.36. The van der Waals surface area contributed by atoms with Gasteiger partial charge in [0.15, 0.2) is 5.82 Å². The Morgan fingerprint density at radius 3 is 2.74 bits per heavy atom. The molecule has 0 saturated carbocycles. The van der Waals surface area contributed by atoms with E-state index in [1.807, 2.05) is 17.0 Å². The van der Waals surface area contributed by atoms with Crippen molar-refractivity contribution in [1.82, 2.24) is 19.9 Å². The molecule has 1 saturated heterocycles. The standard InChI is InChI=1S/C21H28N8O2/c1-16(30)27-10-4-11-28(14-13-27)19-6-5-17-20(26-19)29(12-3-2-8-23-17)21(31)25-18-7-9-22-15-24-18/h5-7,9,15,23H,2-4,8,10-14H2,1H3,(H,22,24,25,31). The van der Waals surface area contributed by atoms with E-state index in [1.165, 1.54) is 6.33 Å². The molecule has 2 aromatic heterocycles. The van der Waals surface area contributed by atoms with Crippen molar-refractivity contribution in [3.05, 3.63) is 30.7 Å². The Labute approximate surface area is 181 Å². The average Bonchev–Trinajstić information content (AvgIpc) is 3.01. The highest BCUT2D eigenvalue weighted by atomic mass is 16.2. The normalized spacial score (nSPS) is 17.0. The number of fused-ring (bicyclic) bond motifs is 1. The quantitative estimate of drug-likeness (QED) is 0.761. The molecular weight excluding hydrogens is 396 g/mol. The lowest BCUT2D eigenvalue weighted by molar-refractivity contribution is -0.128. The molecule has 1 fully saturated rings. The number of carbonyl (C=O) groups excluding carboxylic acids is 2. The third-order valence-electron chi connectivity index (χ3n) is 5.57. The molecule has 4 heterocycles. The van der Waals surface area contributed by atoms with Crippen LogP contribution in [0.4, 0.5) is 27.9 Å². The number of hydrogen-bond acceptors (Lipinski definition) is 7. The van der Waals surface area contributed by atoms with Crippen LogP contribution in [0.2, 0.25) is 0 Å². The second-order valence-electron chi connectivity index (χ2n) is 7.70. The Hall–Kier alpha value is -3.43. The molecule has 0 radical (unpaired) electrons. The number of aromatic nitrogens is 3. The number of rotatable bonds is 2. The predicted molar refractivity (Wildman–Crippen MR) is 119 cm³/mol. The van der Waals surface area contributed by atoms with E-state index in [0.717, 1.165) is 50.4 Å². The third kappa shape index (κ3) is 5.01. The van der Waals surface area contributed by atoms with Gasteiger partial charge < -0.3 is 15.1 Å². The zero-order valence-corrected chi connectivity index (χ0v) is 17.8. The van der Waals surface area contributed by atoms with Crippen molar-refractivity contribution in [3.8, 4) is 0 Å². The van der Waals surface area contributed by atoms with E-state index in [2.05, 4.69) is 25.5 Å². The van der Waals surface area contributed by atoms with Crippen molar-refractivity contribution in [2.24, 2.45) is 0 Å². The first-order valence-corrected chi connectivity index (χ1v) is 10.7. The van der Waals surface area contributed by atoms with Gasteiger partial charge in [-0.15, -0.1) is 0 Å². The van der Waals surface area contributed by atoms with Crippen LogP contribution >= 0.6 is 0 Å². The van der Waals surface area contributed by atoms with Gasteiger partial charge in [-0.05, 0) is 37.5 Å². The second kappa shape index (κ2) is 9.59. The molecule has 0 bridgehead atoms. The molecule has 0 aliphatic carbocycles. The largest absolute Gasteiger partial charge is 0.382 e. The third-order valence-corrected chi connectivity index (χ3v) is 5.57. The van der Waals surface area contributed by atoms with Crippen molar-refractivity contribution in [3.63, 3.8) is 0 Å². The minimum Gasteiger partial charge on any atom is -0.382 e. The van der Waals surface area contributed by atoms with E-state index in [4.69, 9.17) is 4.98 Å². The number of carbonyl (C=O) groups is 2. The maximum absolute atomic E-state index is 13.1. The summed E-state index contributed by atoms with van der Waals surface area (Å²) in [6.07, 6.45) is 5.71. The number of pyridine rings is 1. The Morgan fingerprint density at radius 1 is 1.03 bits per heavy atom. The van der Waals surface area contributed by atoms with Crippen LogP contribution in [0.25, 0.3) is 0 Å². The molecule has 3 amide bonds.